The van der Waals surface area contributed by atoms with Gasteiger partial charge in [-0.25, -0.2) is 0 Å². The molecule has 0 aliphatic heterocycles. The topological polar surface area (TPSA) is 43.1 Å². The van der Waals surface area contributed by atoms with Crippen LogP contribution in [-0.2, 0) is 0 Å². The van der Waals surface area contributed by atoms with Crippen LogP contribution in [0.1, 0.15) is 31.9 Å². The summed E-state index contributed by atoms with van der Waals surface area (Å²) in [7, 11) is 0. The predicted molar refractivity (Wildman–Crippen MR) is 98.3 cm³/mol. The fourth-order valence-corrected chi connectivity index (χ4v) is 3.72. The van der Waals surface area contributed by atoms with Crippen LogP contribution in [0.5, 0.6) is 0 Å². The highest BCUT2D eigenvalue weighted by Crippen LogP contribution is 2.39. The summed E-state index contributed by atoms with van der Waals surface area (Å²) in [6.45, 7) is 6.08. The van der Waals surface area contributed by atoms with Crippen LogP contribution < -0.4 is 5.73 Å². The van der Waals surface area contributed by atoms with Crippen molar-refractivity contribution in [2.75, 3.05) is 5.73 Å². The molecule has 3 rings (SSSR count). The molecule has 0 amide bonds. The molecule has 2 nitrogen and oxygen atoms in total. The van der Waals surface area contributed by atoms with E-state index in [1.165, 1.54) is 16.9 Å². The fraction of sp³-hybridized carbons (Fsp3) is 0.150. The number of thiophene rings is 1. The van der Waals surface area contributed by atoms with Crippen LogP contribution in [0.15, 0.2) is 48.5 Å². The predicted octanol–water partition coefficient (Wildman–Crippen LogP) is 5.15. The molecule has 0 aliphatic carbocycles. The van der Waals surface area contributed by atoms with Gasteiger partial charge in [-0.1, -0.05) is 42.5 Å². The molecule has 0 bridgehead atoms. The lowest BCUT2D eigenvalue weighted by molar-refractivity contribution is 0.104. The zero-order chi connectivity index (χ0) is 16.6. The summed E-state index contributed by atoms with van der Waals surface area (Å²) in [6.07, 6.45) is 0. The maximum atomic E-state index is 13.1. The first-order chi connectivity index (χ1) is 11.0. The molecule has 0 radical (unpaired) electrons. The first kappa shape index (κ1) is 15.5. The second-order valence-corrected chi connectivity index (χ2v) is 7.02. The minimum atomic E-state index is -0.00574. The van der Waals surface area contributed by atoms with Crippen LogP contribution in [-0.4, -0.2) is 5.78 Å². The summed E-state index contributed by atoms with van der Waals surface area (Å²) in [5, 5.41) is 0.588. The zero-order valence-electron chi connectivity index (χ0n) is 13.5. The van der Waals surface area contributed by atoms with Crippen molar-refractivity contribution < 1.29 is 4.79 Å². The van der Waals surface area contributed by atoms with Gasteiger partial charge < -0.3 is 5.73 Å². The number of carbonyl (C=O) groups is 1. The Labute approximate surface area is 140 Å². The monoisotopic (exact) mass is 321 g/mol. The highest BCUT2D eigenvalue weighted by atomic mass is 32.1. The number of hydrogen-bond acceptors (Lipinski definition) is 3. The van der Waals surface area contributed by atoms with Crippen molar-refractivity contribution in [3.8, 4) is 11.1 Å². The Kier molecular flexibility index (Phi) is 4.05. The minimum absolute atomic E-state index is 0.00574. The van der Waals surface area contributed by atoms with Crippen LogP contribution in [0.25, 0.3) is 11.1 Å². The van der Waals surface area contributed by atoms with Gasteiger partial charge in [-0.2, -0.15) is 0 Å². The largest absolute Gasteiger partial charge is 0.390 e. The van der Waals surface area contributed by atoms with Crippen molar-refractivity contribution in [3.05, 3.63) is 75.7 Å². The summed E-state index contributed by atoms with van der Waals surface area (Å²) in [5.41, 5.74) is 11.8. The molecule has 0 spiro atoms. The van der Waals surface area contributed by atoms with Crippen molar-refractivity contribution >= 4 is 22.1 Å². The molecule has 23 heavy (non-hydrogen) atoms. The fourth-order valence-electron chi connectivity index (χ4n) is 2.77. The summed E-state index contributed by atoms with van der Waals surface area (Å²) in [5.74, 6) is -0.00574. The number of anilines is 1. The van der Waals surface area contributed by atoms with Gasteiger partial charge >= 0.3 is 0 Å². The number of carbonyl (C=O) groups excluding carboxylic acids is 1. The molecular weight excluding hydrogens is 302 g/mol. The minimum Gasteiger partial charge on any atom is -0.390 e. The van der Waals surface area contributed by atoms with E-state index in [9.17, 15) is 4.79 Å². The number of rotatable bonds is 3. The molecule has 0 saturated carbocycles. The van der Waals surface area contributed by atoms with Gasteiger partial charge in [-0.3, -0.25) is 4.79 Å². The standard InChI is InChI=1S/C20H19NOS/c1-12-9-10-16(11-13(12)2)19(22)18-17(14(3)23-20(18)21)15-7-5-4-6-8-15/h4-11H,21H2,1-3H3. The van der Waals surface area contributed by atoms with Crippen LogP contribution in [0.3, 0.4) is 0 Å². The molecule has 1 aromatic heterocycles. The van der Waals surface area contributed by atoms with E-state index < -0.39 is 0 Å². The smallest absolute Gasteiger partial charge is 0.196 e. The molecule has 0 aliphatic rings. The number of hydrogen-bond donors (Lipinski definition) is 1. The first-order valence-electron chi connectivity index (χ1n) is 7.55. The molecule has 3 aromatic rings. The number of aryl methyl sites for hydroxylation is 3. The quantitative estimate of drug-likeness (QED) is 0.678. The van der Waals surface area contributed by atoms with Crippen LogP contribution >= 0.6 is 11.3 Å². The second kappa shape index (κ2) is 6.01. The van der Waals surface area contributed by atoms with Gasteiger partial charge in [0.15, 0.2) is 5.78 Å². The van der Waals surface area contributed by atoms with Gasteiger partial charge in [0, 0.05) is 16.0 Å². The van der Waals surface area contributed by atoms with Gasteiger partial charge in [-0.05, 0) is 43.5 Å². The summed E-state index contributed by atoms with van der Waals surface area (Å²) in [6, 6.07) is 15.8. The molecule has 0 unspecified atom stereocenters. The maximum absolute atomic E-state index is 13.1. The molecule has 3 heteroatoms. The summed E-state index contributed by atoms with van der Waals surface area (Å²) in [4.78, 5) is 14.1. The van der Waals surface area contributed by atoms with Crippen LogP contribution in [0.4, 0.5) is 5.00 Å². The molecule has 0 saturated heterocycles. The lowest BCUT2D eigenvalue weighted by atomic mass is 9.94. The van der Waals surface area contributed by atoms with Gasteiger partial charge in [0.2, 0.25) is 0 Å². The third-order valence-electron chi connectivity index (χ3n) is 4.17. The summed E-state index contributed by atoms with van der Waals surface area (Å²) >= 11 is 1.48. The molecule has 1 heterocycles. The van der Waals surface area contributed by atoms with Crippen molar-refractivity contribution in [1.29, 1.82) is 0 Å². The SMILES string of the molecule is Cc1ccc(C(=O)c2c(N)sc(C)c2-c2ccccc2)cc1C. The zero-order valence-corrected chi connectivity index (χ0v) is 14.3. The van der Waals surface area contributed by atoms with E-state index >= 15 is 0 Å². The first-order valence-corrected chi connectivity index (χ1v) is 8.37. The van der Waals surface area contributed by atoms with Gasteiger partial charge in [0.1, 0.15) is 0 Å². The van der Waals surface area contributed by atoms with Crippen molar-refractivity contribution in [2.24, 2.45) is 0 Å². The normalized spacial score (nSPS) is 10.7. The van der Waals surface area contributed by atoms with Crippen LogP contribution in [0.2, 0.25) is 0 Å². The maximum Gasteiger partial charge on any atom is 0.196 e. The molecule has 2 N–H and O–H groups in total. The van der Waals surface area contributed by atoms with E-state index in [1.54, 1.807) is 0 Å². The Morgan fingerprint density at radius 2 is 1.65 bits per heavy atom. The third kappa shape index (κ3) is 2.80. The Morgan fingerprint density at radius 3 is 2.30 bits per heavy atom. The average molecular weight is 321 g/mol. The molecule has 0 atom stereocenters. The van der Waals surface area contributed by atoms with Crippen molar-refractivity contribution in [2.45, 2.75) is 20.8 Å². The van der Waals surface area contributed by atoms with Gasteiger partial charge in [0.25, 0.3) is 0 Å². The number of nitrogens with two attached hydrogens (primary N) is 1. The highest BCUT2D eigenvalue weighted by molar-refractivity contribution is 7.16. The Morgan fingerprint density at radius 1 is 0.957 bits per heavy atom. The van der Waals surface area contributed by atoms with E-state index in [1.807, 2.05) is 69.3 Å². The number of nitrogen functional groups attached to an aromatic ring is 1. The van der Waals surface area contributed by atoms with E-state index in [0.717, 1.165) is 21.6 Å². The third-order valence-corrected chi connectivity index (χ3v) is 5.10. The Hall–Kier alpha value is -2.39. The van der Waals surface area contributed by atoms with E-state index in [4.69, 9.17) is 5.73 Å². The molecular formula is C20H19NOS. The van der Waals surface area contributed by atoms with Gasteiger partial charge in [-0.15, -0.1) is 11.3 Å². The molecule has 116 valence electrons. The average Bonchev–Trinajstić information content (AvgIpc) is 2.84. The van der Waals surface area contributed by atoms with E-state index in [-0.39, 0.29) is 5.78 Å². The Balaban J connectivity index is 2.16. The van der Waals surface area contributed by atoms with E-state index in [0.29, 0.717) is 16.1 Å². The van der Waals surface area contributed by atoms with Crippen molar-refractivity contribution in [1.82, 2.24) is 0 Å². The Bertz CT molecular complexity index is 878. The highest BCUT2D eigenvalue weighted by Gasteiger charge is 2.22. The lowest BCUT2D eigenvalue weighted by Gasteiger charge is -2.08. The van der Waals surface area contributed by atoms with Crippen LogP contribution in [0, 0.1) is 20.8 Å². The number of benzene rings is 2. The van der Waals surface area contributed by atoms with Gasteiger partial charge in [0.05, 0.1) is 10.6 Å². The van der Waals surface area contributed by atoms with E-state index in [2.05, 4.69) is 0 Å². The lowest BCUT2D eigenvalue weighted by Crippen LogP contribution is -2.05. The second-order valence-electron chi connectivity index (χ2n) is 5.77. The molecule has 2 aromatic carbocycles. The number of ketones is 1. The molecule has 0 fully saturated rings. The van der Waals surface area contributed by atoms with Crippen molar-refractivity contribution in [3.63, 3.8) is 0 Å². The summed E-state index contributed by atoms with van der Waals surface area (Å²) < 4.78 is 0.